The third kappa shape index (κ3) is 2.41. The van der Waals surface area contributed by atoms with Crippen molar-refractivity contribution in [2.45, 2.75) is 37.4 Å². The molecule has 1 aliphatic heterocycles. The third-order valence-electron chi connectivity index (χ3n) is 3.82. The molecule has 4 nitrogen and oxygen atoms in total. The van der Waals surface area contributed by atoms with E-state index < -0.39 is 10.0 Å². The van der Waals surface area contributed by atoms with Crippen molar-refractivity contribution in [3.63, 3.8) is 0 Å². The summed E-state index contributed by atoms with van der Waals surface area (Å²) in [6.45, 7) is 2.38. The molecule has 94 valence electrons. The highest BCUT2D eigenvalue weighted by atomic mass is 32.2. The van der Waals surface area contributed by atoms with Crippen LogP contribution < -0.4 is 5.32 Å². The molecule has 1 N–H and O–H groups in total. The van der Waals surface area contributed by atoms with Gasteiger partial charge in [-0.3, -0.25) is 0 Å². The average Bonchev–Trinajstić information content (AvgIpc) is 2.88. The monoisotopic (exact) mass is 246 g/mol. The van der Waals surface area contributed by atoms with Gasteiger partial charge >= 0.3 is 0 Å². The number of rotatable bonds is 4. The average molecular weight is 246 g/mol. The second-order valence-corrected chi connectivity index (χ2v) is 7.23. The predicted octanol–water partition coefficient (Wildman–Crippen LogP) is 0.800. The second-order valence-electron chi connectivity index (χ2n) is 5.02. The predicted molar refractivity (Wildman–Crippen MR) is 64.8 cm³/mol. The van der Waals surface area contributed by atoms with Crippen LogP contribution in [0, 0.1) is 5.92 Å². The molecule has 0 aromatic carbocycles. The molecule has 1 saturated heterocycles. The van der Waals surface area contributed by atoms with Gasteiger partial charge in [-0.2, -0.15) is 0 Å². The molecule has 1 saturated carbocycles. The van der Waals surface area contributed by atoms with Crippen molar-refractivity contribution in [3.05, 3.63) is 0 Å². The van der Waals surface area contributed by atoms with Crippen LogP contribution in [0.4, 0.5) is 0 Å². The molecule has 2 fully saturated rings. The van der Waals surface area contributed by atoms with E-state index in [-0.39, 0.29) is 5.25 Å². The summed E-state index contributed by atoms with van der Waals surface area (Å²) < 4.78 is 26.3. The maximum atomic E-state index is 12.3. The highest BCUT2D eigenvalue weighted by molar-refractivity contribution is 7.89. The van der Waals surface area contributed by atoms with Crippen LogP contribution in [0.25, 0.3) is 0 Å². The second kappa shape index (κ2) is 5.02. The van der Waals surface area contributed by atoms with E-state index in [1.807, 2.05) is 7.05 Å². The smallest absolute Gasteiger partial charge is 0.216 e. The van der Waals surface area contributed by atoms with E-state index in [4.69, 9.17) is 0 Å². The van der Waals surface area contributed by atoms with Crippen LogP contribution in [-0.4, -0.2) is 44.7 Å². The molecule has 1 aliphatic carbocycles. The van der Waals surface area contributed by atoms with E-state index in [2.05, 4.69) is 5.32 Å². The largest absolute Gasteiger partial charge is 0.319 e. The van der Waals surface area contributed by atoms with Crippen molar-refractivity contribution in [2.75, 3.05) is 26.7 Å². The molecule has 0 amide bonds. The Bertz CT molecular complexity index is 323. The summed E-state index contributed by atoms with van der Waals surface area (Å²) in [5.74, 6) is 0.501. The van der Waals surface area contributed by atoms with Gasteiger partial charge in [0.25, 0.3) is 0 Å². The first-order valence-electron chi connectivity index (χ1n) is 6.28. The van der Waals surface area contributed by atoms with Gasteiger partial charge in [-0.15, -0.1) is 0 Å². The molecule has 0 aromatic heterocycles. The summed E-state index contributed by atoms with van der Waals surface area (Å²) in [7, 11) is -1.06. The van der Waals surface area contributed by atoms with Crippen LogP contribution >= 0.6 is 0 Å². The first-order chi connectivity index (χ1) is 7.64. The number of hydrogen-bond acceptors (Lipinski definition) is 3. The van der Waals surface area contributed by atoms with Gasteiger partial charge in [-0.1, -0.05) is 12.8 Å². The van der Waals surface area contributed by atoms with Crippen molar-refractivity contribution in [3.8, 4) is 0 Å². The fraction of sp³-hybridized carbons (Fsp3) is 1.00. The summed E-state index contributed by atoms with van der Waals surface area (Å²) in [6.07, 6.45) is 4.91. The Kier molecular flexibility index (Phi) is 3.87. The van der Waals surface area contributed by atoms with E-state index in [0.29, 0.717) is 5.92 Å². The molecular weight excluding hydrogens is 224 g/mol. The van der Waals surface area contributed by atoms with Crippen LogP contribution in [0.15, 0.2) is 0 Å². The number of nitrogens with one attached hydrogen (secondary N) is 1. The molecule has 1 unspecified atom stereocenters. The van der Waals surface area contributed by atoms with Crippen LogP contribution in [0.2, 0.25) is 0 Å². The van der Waals surface area contributed by atoms with Gasteiger partial charge in [0.15, 0.2) is 0 Å². The first-order valence-corrected chi connectivity index (χ1v) is 7.78. The minimum absolute atomic E-state index is 0.0826. The van der Waals surface area contributed by atoms with Crippen LogP contribution in [-0.2, 0) is 10.0 Å². The Morgan fingerprint density at radius 2 is 1.94 bits per heavy atom. The highest BCUT2D eigenvalue weighted by Crippen LogP contribution is 2.30. The summed E-state index contributed by atoms with van der Waals surface area (Å²) in [4.78, 5) is 0. The zero-order valence-corrected chi connectivity index (χ0v) is 10.8. The van der Waals surface area contributed by atoms with Gasteiger partial charge in [-0.05, 0) is 38.8 Å². The summed E-state index contributed by atoms with van der Waals surface area (Å²) in [6, 6.07) is 0. The van der Waals surface area contributed by atoms with E-state index in [9.17, 15) is 8.42 Å². The Morgan fingerprint density at radius 3 is 2.56 bits per heavy atom. The first kappa shape index (κ1) is 12.3. The van der Waals surface area contributed by atoms with Gasteiger partial charge in [0.05, 0.1) is 5.25 Å². The molecule has 2 rings (SSSR count). The van der Waals surface area contributed by atoms with Crippen LogP contribution in [0.5, 0.6) is 0 Å². The van der Waals surface area contributed by atoms with E-state index in [1.165, 1.54) is 0 Å². The standard InChI is InChI=1S/C11H22N2O2S/c1-12-8-10-6-7-13(9-10)16(14,15)11-4-2-3-5-11/h10-12H,2-9H2,1H3. The normalized spacial score (nSPS) is 28.9. The topological polar surface area (TPSA) is 49.4 Å². The zero-order chi connectivity index (χ0) is 11.6. The highest BCUT2D eigenvalue weighted by Gasteiger charge is 2.37. The zero-order valence-electron chi connectivity index (χ0n) is 9.98. The fourth-order valence-electron chi connectivity index (χ4n) is 2.88. The molecule has 0 radical (unpaired) electrons. The summed E-state index contributed by atoms with van der Waals surface area (Å²) >= 11 is 0. The lowest BCUT2D eigenvalue weighted by molar-refractivity contribution is 0.442. The van der Waals surface area contributed by atoms with Gasteiger partial charge < -0.3 is 5.32 Å². The lowest BCUT2D eigenvalue weighted by atomic mass is 10.1. The van der Waals surface area contributed by atoms with Crippen molar-refractivity contribution in [1.29, 1.82) is 0 Å². The minimum Gasteiger partial charge on any atom is -0.319 e. The van der Waals surface area contributed by atoms with Crippen molar-refractivity contribution >= 4 is 10.0 Å². The Balaban J connectivity index is 1.97. The fourth-order valence-corrected chi connectivity index (χ4v) is 5.01. The molecular formula is C11H22N2O2S. The molecule has 1 atom stereocenters. The quantitative estimate of drug-likeness (QED) is 0.798. The molecule has 0 bridgehead atoms. The van der Waals surface area contributed by atoms with Crippen LogP contribution in [0.1, 0.15) is 32.1 Å². The molecule has 2 aliphatic rings. The van der Waals surface area contributed by atoms with Gasteiger partial charge in [-0.25, -0.2) is 12.7 Å². The van der Waals surface area contributed by atoms with E-state index in [1.54, 1.807) is 4.31 Å². The third-order valence-corrected chi connectivity index (χ3v) is 6.19. The molecule has 16 heavy (non-hydrogen) atoms. The molecule has 0 aromatic rings. The molecule has 1 heterocycles. The van der Waals surface area contributed by atoms with Crippen molar-refractivity contribution in [1.82, 2.24) is 9.62 Å². The Labute approximate surface area is 98.4 Å². The van der Waals surface area contributed by atoms with Crippen molar-refractivity contribution < 1.29 is 8.42 Å². The van der Waals surface area contributed by atoms with Gasteiger partial charge in [0.1, 0.15) is 0 Å². The van der Waals surface area contributed by atoms with E-state index >= 15 is 0 Å². The Hall–Kier alpha value is -0.130. The lowest BCUT2D eigenvalue weighted by Crippen LogP contribution is -2.36. The van der Waals surface area contributed by atoms with Crippen LogP contribution in [0.3, 0.4) is 0 Å². The maximum Gasteiger partial charge on any atom is 0.216 e. The van der Waals surface area contributed by atoms with Gasteiger partial charge in [0, 0.05) is 13.1 Å². The maximum absolute atomic E-state index is 12.3. The minimum atomic E-state index is -2.98. The molecule has 0 spiro atoms. The summed E-state index contributed by atoms with van der Waals surface area (Å²) in [5.41, 5.74) is 0. The van der Waals surface area contributed by atoms with E-state index in [0.717, 1.165) is 51.7 Å². The number of hydrogen-bond donors (Lipinski definition) is 1. The lowest BCUT2D eigenvalue weighted by Gasteiger charge is -2.21. The molecule has 5 heteroatoms. The number of sulfonamides is 1. The van der Waals surface area contributed by atoms with Gasteiger partial charge in [0.2, 0.25) is 10.0 Å². The number of nitrogens with zero attached hydrogens (tertiary/aromatic N) is 1. The Morgan fingerprint density at radius 1 is 1.25 bits per heavy atom. The summed E-state index contributed by atoms with van der Waals surface area (Å²) in [5, 5.41) is 3.05. The van der Waals surface area contributed by atoms with Crippen molar-refractivity contribution in [2.24, 2.45) is 5.92 Å². The SMILES string of the molecule is CNCC1CCN(S(=O)(=O)C2CCCC2)C1.